The molecule has 90 valence electrons. The Hall–Kier alpha value is -1.33. The summed E-state index contributed by atoms with van der Waals surface area (Å²) >= 11 is 1.45. The van der Waals surface area contributed by atoms with Gasteiger partial charge in [-0.05, 0) is 36.4 Å². The van der Waals surface area contributed by atoms with E-state index in [0.29, 0.717) is 5.22 Å². The molecule has 4 nitrogen and oxygen atoms in total. The summed E-state index contributed by atoms with van der Waals surface area (Å²) in [6.45, 7) is 3.99. The molecule has 2 heterocycles. The van der Waals surface area contributed by atoms with Crippen molar-refractivity contribution in [3.63, 3.8) is 0 Å². The van der Waals surface area contributed by atoms with Crippen molar-refractivity contribution in [2.45, 2.75) is 30.1 Å². The molecule has 0 radical (unpaired) electrons. The molecule has 2 aromatic heterocycles. The van der Waals surface area contributed by atoms with Crippen LogP contribution in [0, 0.1) is 0 Å². The van der Waals surface area contributed by atoms with Crippen LogP contribution in [0.25, 0.3) is 0 Å². The SMILES string of the molecule is CCCNCc1cccnc1Sc1ncco1. The summed E-state index contributed by atoms with van der Waals surface area (Å²) in [6.07, 6.45) is 6.12. The average Bonchev–Trinajstić information content (AvgIpc) is 2.84. The Morgan fingerprint density at radius 1 is 1.35 bits per heavy atom. The van der Waals surface area contributed by atoms with E-state index in [4.69, 9.17) is 4.42 Å². The zero-order valence-corrected chi connectivity index (χ0v) is 10.5. The molecule has 0 saturated heterocycles. The van der Waals surface area contributed by atoms with Gasteiger partial charge in [-0.15, -0.1) is 0 Å². The highest BCUT2D eigenvalue weighted by Gasteiger charge is 2.07. The van der Waals surface area contributed by atoms with Gasteiger partial charge in [-0.1, -0.05) is 13.0 Å². The van der Waals surface area contributed by atoms with Crippen molar-refractivity contribution < 1.29 is 4.42 Å². The fourth-order valence-electron chi connectivity index (χ4n) is 1.39. The molecule has 0 saturated carbocycles. The van der Waals surface area contributed by atoms with Crippen molar-refractivity contribution in [1.82, 2.24) is 15.3 Å². The van der Waals surface area contributed by atoms with Crippen LogP contribution in [0.5, 0.6) is 0 Å². The minimum Gasteiger partial charge on any atom is -0.440 e. The van der Waals surface area contributed by atoms with Crippen LogP contribution in [0.1, 0.15) is 18.9 Å². The third-order valence-electron chi connectivity index (χ3n) is 2.19. The van der Waals surface area contributed by atoms with E-state index in [9.17, 15) is 0 Å². The first-order valence-electron chi connectivity index (χ1n) is 5.62. The second-order valence-electron chi connectivity index (χ2n) is 3.54. The molecule has 0 unspecified atom stereocenters. The smallest absolute Gasteiger partial charge is 0.261 e. The summed E-state index contributed by atoms with van der Waals surface area (Å²) in [5, 5.41) is 4.94. The molecule has 0 bridgehead atoms. The molecule has 0 aromatic carbocycles. The van der Waals surface area contributed by atoms with Crippen LogP contribution in [-0.2, 0) is 6.54 Å². The van der Waals surface area contributed by atoms with Gasteiger partial charge >= 0.3 is 0 Å². The number of hydrogen-bond acceptors (Lipinski definition) is 5. The van der Waals surface area contributed by atoms with E-state index in [2.05, 4.69) is 28.3 Å². The third kappa shape index (κ3) is 3.57. The normalized spacial score (nSPS) is 10.6. The first-order chi connectivity index (χ1) is 8.40. The predicted molar refractivity (Wildman–Crippen MR) is 66.9 cm³/mol. The monoisotopic (exact) mass is 249 g/mol. The van der Waals surface area contributed by atoms with Gasteiger partial charge in [-0.2, -0.15) is 0 Å². The van der Waals surface area contributed by atoms with E-state index in [1.54, 1.807) is 18.7 Å². The Morgan fingerprint density at radius 3 is 3.06 bits per heavy atom. The minimum atomic E-state index is 0.625. The lowest BCUT2D eigenvalue weighted by Gasteiger charge is -2.06. The lowest BCUT2D eigenvalue weighted by molar-refractivity contribution is 0.453. The maximum absolute atomic E-state index is 5.21. The predicted octanol–water partition coefficient (Wildman–Crippen LogP) is 2.72. The molecule has 0 aliphatic rings. The second-order valence-corrected chi connectivity index (χ2v) is 4.48. The van der Waals surface area contributed by atoms with Crippen LogP contribution in [-0.4, -0.2) is 16.5 Å². The van der Waals surface area contributed by atoms with Crippen LogP contribution in [0.2, 0.25) is 0 Å². The summed E-state index contributed by atoms with van der Waals surface area (Å²) in [7, 11) is 0. The van der Waals surface area contributed by atoms with Crippen molar-refractivity contribution in [2.75, 3.05) is 6.54 Å². The molecule has 0 atom stereocenters. The molecule has 0 aliphatic heterocycles. The number of oxazole rings is 1. The first kappa shape index (κ1) is 12.1. The molecule has 0 fully saturated rings. The number of rotatable bonds is 6. The molecule has 0 amide bonds. The Labute approximate surface area is 105 Å². The molecular weight excluding hydrogens is 234 g/mol. The summed E-state index contributed by atoms with van der Waals surface area (Å²) in [4.78, 5) is 8.44. The molecule has 0 spiro atoms. The Bertz CT molecular complexity index is 445. The number of pyridine rings is 1. The summed E-state index contributed by atoms with van der Waals surface area (Å²) < 4.78 is 5.21. The Kier molecular flexibility index (Phi) is 4.58. The van der Waals surface area contributed by atoms with Gasteiger partial charge in [0.05, 0.1) is 6.20 Å². The summed E-state index contributed by atoms with van der Waals surface area (Å²) in [5.41, 5.74) is 1.17. The van der Waals surface area contributed by atoms with E-state index in [0.717, 1.165) is 24.5 Å². The number of nitrogens with one attached hydrogen (secondary N) is 1. The highest BCUT2D eigenvalue weighted by Crippen LogP contribution is 2.26. The largest absolute Gasteiger partial charge is 0.440 e. The zero-order chi connectivity index (χ0) is 11.9. The summed E-state index contributed by atoms with van der Waals surface area (Å²) in [6, 6.07) is 4.02. The van der Waals surface area contributed by atoms with E-state index in [1.807, 2.05) is 6.07 Å². The van der Waals surface area contributed by atoms with Crippen molar-refractivity contribution in [2.24, 2.45) is 0 Å². The molecular formula is C12H15N3OS. The molecule has 17 heavy (non-hydrogen) atoms. The Balaban J connectivity index is 2.05. The average molecular weight is 249 g/mol. The van der Waals surface area contributed by atoms with E-state index in [1.165, 1.54) is 17.3 Å². The van der Waals surface area contributed by atoms with Crippen LogP contribution < -0.4 is 5.32 Å². The van der Waals surface area contributed by atoms with E-state index >= 15 is 0 Å². The maximum atomic E-state index is 5.21. The van der Waals surface area contributed by atoms with Gasteiger partial charge < -0.3 is 9.73 Å². The van der Waals surface area contributed by atoms with Crippen molar-refractivity contribution in [1.29, 1.82) is 0 Å². The Morgan fingerprint density at radius 2 is 2.29 bits per heavy atom. The summed E-state index contributed by atoms with van der Waals surface area (Å²) in [5.74, 6) is 0. The first-order valence-corrected chi connectivity index (χ1v) is 6.43. The molecule has 5 heteroatoms. The topological polar surface area (TPSA) is 51.0 Å². The molecule has 2 aromatic rings. The molecule has 2 rings (SSSR count). The zero-order valence-electron chi connectivity index (χ0n) is 9.72. The number of hydrogen-bond donors (Lipinski definition) is 1. The maximum Gasteiger partial charge on any atom is 0.261 e. The van der Waals surface area contributed by atoms with Gasteiger partial charge in [0.15, 0.2) is 0 Å². The molecule has 0 aliphatic carbocycles. The van der Waals surface area contributed by atoms with Crippen LogP contribution in [0.4, 0.5) is 0 Å². The lowest BCUT2D eigenvalue weighted by Crippen LogP contribution is -2.14. The van der Waals surface area contributed by atoms with E-state index < -0.39 is 0 Å². The van der Waals surface area contributed by atoms with Crippen LogP contribution >= 0.6 is 11.8 Å². The van der Waals surface area contributed by atoms with Gasteiger partial charge in [0.1, 0.15) is 11.3 Å². The van der Waals surface area contributed by atoms with Gasteiger partial charge in [-0.3, -0.25) is 0 Å². The van der Waals surface area contributed by atoms with Crippen molar-refractivity contribution in [3.05, 3.63) is 36.4 Å². The minimum absolute atomic E-state index is 0.625. The van der Waals surface area contributed by atoms with Crippen LogP contribution in [0.3, 0.4) is 0 Å². The standard InChI is InChI=1S/C12H15N3OS/c1-2-5-13-9-10-4-3-6-14-11(10)17-12-15-7-8-16-12/h3-4,6-8,13H,2,5,9H2,1H3. The lowest BCUT2D eigenvalue weighted by atomic mass is 10.3. The van der Waals surface area contributed by atoms with Crippen molar-refractivity contribution in [3.8, 4) is 0 Å². The molecule has 1 N–H and O–H groups in total. The van der Waals surface area contributed by atoms with Crippen LogP contribution in [0.15, 0.2) is 45.5 Å². The highest BCUT2D eigenvalue weighted by molar-refractivity contribution is 7.99. The number of aromatic nitrogens is 2. The fourth-order valence-corrected chi connectivity index (χ4v) is 2.16. The van der Waals surface area contributed by atoms with Gasteiger partial charge in [0.2, 0.25) is 0 Å². The van der Waals surface area contributed by atoms with Gasteiger partial charge in [-0.25, -0.2) is 9.97 Å². The van der Waals surface area contributed by atoms with Crippen molar-refractivity contribution >= 4 is 11.8 Å². The third-order valence-corrected chi connectivity index (χ3v) is 3.12. The van der Waals surface area contributed by atoms with Gasteiger partial charge in [0.25, 0.3) is 5.22 Å². The fraction of sp³-hybridized carbons (Fsp3) is 0.333. The quantitative estimate of drug-likeness (QED) is 0.798. The second kappa shape index (κ2) is 6.42. The van der Waals surface area contributed by atoms with Gasteiger partial charge in [0, 0.05) is 12.7 Å². The highest BCUT2D eigenvalue weighted by atomic mass is 32.2. The number of nitrogens with zero attached hydrogens (tertiary/aromatic N) is 2. The van der Waals surface area contributed by atoms with E-state index in [-0.39, 0.29) is 0 Å².